The molecule has 1 heterocycles. The van der Waals surface area contributed by atoms with E-state index in [0.717, 1.165) is 31.2 Å². The summed E-state index contributed by atoms with van der Waals surface area (Å²) in [6.45, 7) is 5.30. The molecule has 1 saturated heterocycles. The molecule has 1 aliphatic heterocycles. The van der Waals surface area contributed by atoms with Crippen molar-refractivity contribution in [2.24, 2.45) is 0 Å². The Hall–Kier alpha value is -1.55. The smallest absolute Gasteiger partial charge is 0.319 e. The minimum absolute atomic E-state index is 0.119. The number of carbonyl (C=O) groups excluding carboxylic acids is 1. The number of para-hydroxylation sites is 1. The quantitative estimate of drug-likeness (QED) is 0.788. The van der Waals surface area contributed by atoms with Crippen molar-refractivity contribution < 1.29 is 4.79 Å². The molecule has 4 heteroatoms. The third-order valence-corrected chi connectivity index (χ3v) is 4.16. The maximum Gasteiger partial charge on any atom is 0.319 e. The first-order valence-electron chi connectivity index (χ1n) is 8.13. The Bertz CT molecular complexity index is 421. The lowest BCUT2D eigenvalue weighted by molar-refractivity contribution is 0.142. The van der Waals surface area contributed by atoms with Gasteiger partial charge in [0.15, 0.2) is 0 Å². The lowest BCUT2D eigenvalue weighted by Gasteiger charge is -2.35. The number of piperidine rings is 1. The van der Waals surface area contributed by atoms with Gasteiger partial charge in [-0.25, -0.2) is 4.79 Å². The van der Waals surface area contributed by atoms with Crippen LogP contribution in [0.15, 0.2) is 30.3 Å². The van der Waals surface area contributed by atoms with Gasteiger partial charge in [0.05, 0.1) is 0 Å². The summed E-state index contributed by atoms with van der Waals surface area (Å²) in [5, 5.41) is 5.76. The number of hydrogen-bond donors (Lipinski definition) is 2. The lowest BCUT2D eigenvalue weighted by Crippen LogP contribution is -2.41. The van der Waals surface area contributed by atoms with E-state index in [9.17, 15) is 4.79 Å². The van der Waals surface area contributed by atoms with Crippen LogP contribution in [0.5, 0.6) is 0 Å². The number of nitrogens with one attached hydrogen (secondary N) is 2. The molecule has 2 rings (SSSR count). The third-order valence-electron chi connectivity index (χ3n) is 4.16. The summed E-state index contributed by atoms with van der Waals surface area (Å²) in [6, 6.07) is 10.2. The molecule has 2 N–H and O–H groups in total. The first-order valence-corrected chi connectivity index (χ1v) is 8.13. The molecule has 2 amide bonds. The van der Waals surface area contributed by atoms with E-state index >= 15 is 0 Å². The highest BCUT2D eigenvalue weighted by atomic mass is 16.2. The Balaban J connectivity index is 1.61. The standard InChI is InChI=1S/C17H27N3O/c1-2-16-11-6-7-13-20(16)14-8-12-18-17(21)19-15-9-4-3-5-10-15/h3-5,9-10,16H,2,6-8,11-14H2,1H3,(H2,18,19,21)/t16-/m1/s1. The van der Waals surface area contributed by atoms with E-state index in [0.29, 0.717) is 0 Å². The predicted octanol–water partition coefficient (Wildman–Crippen LogP) is 3.46. The topological polar surface area (TPSA) is 44.4 Å². The van der Waals surface area contributed by atoms with E-state index in [1.165, 1.54) is 32.2 Å². The zero-order valence-electron chi connectivity index (χ0n) is 13.0. The van der Waals surface area contributed by atoms with Crippen molar-refractivity contribution in [1.29, 1.82) is 0 Å². The maximum atomic E-state index is 11.7. The number of carbonyl (C=O) groups is 1. The molecule has 21 heavy (non-hydrogen) atoms. The molecule has 0 unspecified atom stereocenters. The number of urea groups is 1. The van der Waals surface area contributed by atoms with Crippen molar-refractivity contribution in [3.63, 3.8) is 0 Å². The van der Waals surface area contributed by atoms with E-state index < -0.39 is 0 Å². The van der Waals surface area contributed by atoms with Crippen molar-refractivity contribution in [1.82, 2.24) is 10.2 Å². The normalized spacial score (nSPS) is 19.2. The number of rotatable bonds is 6. The molecule has 1 fully saturated rings. The molecule has 1 aromatic carbocycles. The van der Waals surface area contributed by atoms with Crippen molar-refractivity contribution in [3.05, 3.63) is 30.3 Å². The molecule has 0 spiro atoms. The number of hydrogen-bond acceptors (Lipinski definition) is 2. The molecule has 116 valence electrons. The van der Waals surface area contributed by atoms with Crippen LogP contribution in [0.1, 0.15) is 39.0 Å². The molecule has 0 saturated carbocycles. The minimum Gasteiger partial charge on any atom is -0.338 e. The fraction of sp³-hybridized carbons (Fsp3) is 0.588. The second-order valence-electron chi connectivity index (χ2n) is 5.69. The van der Waals surface area contributed by atoms with Crippen LogP contribution in [0.4, 0.5) is 10.5 Å². The van der Waals surface area contributed by atoms with Crippen molar-refractivity contribution >= 4 is 11.7 Å². The zero-order valence-corrected chi connectivity index (χ0v) is 13.0. The van der Waals surface area contributed by atoms with Crippen molar-refractivity contribution in [2.45, 2.75) is 45.1 Å². The Morgan fingerprint density at radius 3 is 2.86 bits per heavy atom. The number of amides is 2. The Labute approximate surface area is 127 Å². The van der Waals surface area contributed by atoms with E-state index in [4.69, 9.17) is 0 Å². The summed E-state index contributed by atoms with van der Waals surface area (Å²) >= 11 is 0. The highest BCUT2D eigenvalue weighted by Gasteiger charge is 2.19. The highest BCUT2D eigenvalue weighted by molar-refractivity contribution is 5.89. The lowest BCUT2D eigenvalue weighted by atomic mass is 10.00. The number of benzene rings is 1. The summed E-state index contributed by atoms with van der Waals surface area (Å²) in [6.07, 6.45) is 6.27. The Morgan fingerprint density at radius 2 is 2.10 bits per heavy atom. The maximum absolute atomic E-state index is 11.7. The van der Waals surface area contributed by atoms with Gasteiger partial charge in [-0.3, -0.25) is 0 Å². The van der Waals surface area contributed by atoms with Gasteiger partial charge in [-0.05, 0) is 44.4 Å². The zero-order chi connectivity index (χ0) is 14.9. The Morgan fingerprint density at radius 1 is 1.29 bits per heavy atom. The second kappa shape index (κ2) is 8.67. The fourth-order valence-corrected chi connectivity index (χ4v) is 3.00. The van der Waals surface area contributed by atoms with Crippen molar-refractivity contribution in [3.8, 4) is 0 Å². The van der Waals surface area contributed by atoms with Crippen LogP contribution >= 0.6 is 0 Å². The van der Waals surface area contributed by atoms with Crippen molar-refractivity contribution in [2.75, 3.05) is 25.0 Å². The number of anilines is 1. The molecular weight excluding hydrogens is 262 g/mol. The fourth-order valence-electron chi connectivity index (χ4n) is 3.00. The SMILES string of the molecule is CC[C@@H]1CCCCN1CCCNC(=O)Nc1ccccc1. The van der Waals surface area contributed by atoms with Gasteiger partial charge < -0.3 is 15.5 Å². The molecule has 4 nitrogen and oxygen atoms in total. The van der Waals surface area contributed by atoms with Crippen LogP contribution in [0.2, 0.25) is 0 Å². The van der Waals surface area contributed by atoms with Gasteiger partial charge >= 0.3 is 6.03 Å². The third kappa shape index (κ3) is 5.38. The molecule has 1 aliphatic rings. The van der Waals surface area contributed by atoms with Gasteiger partial charge in [0.25, 0.3) is 0 Å². The number of nitrogens with zero attached hydrogens (tertiary/aromatic N) is 1. The van der Waals surface area contributed by atoms with Crippen LogP contribution in [0.3, 0.4) is 0 Å². The summed E-state index contributed by atoms with van der Waals surface area (Å²) in [5.74, 6) is 0. The Kier molecular flexibility index (Phi) is 6.54. The van der Waals surface area contributed by atoms with Gasteiger partial charge in [-0.1, -0.05) is 31.5 Å². The van der Waals surface area contributed by atoms with Crippen LogP contribution in [-0.4, -0.2) is 36.6 Å². The largest absolute Gasteiger partial charge is 0.338 e. The monoisotopic (exact) mass is 289 g/mol. The van der Waals surface area contributed by atoms with Crippen LogP contribution in [0, 0.1) is 0 Å². The molecule has 0 aliphatic carbocycles. The van der Waals surface area contributed by atoms with Gasteiger partial charge in [-0.2, -0.15) is 0 Å². The summed E-state index contributed by atoms with van der Waals surface area (Å²) < 4.78 is 0. The average molecular weight is 289 g/mol. The van der Waals surface area contributed by atoms with Gasteiger partial charge in [-0.15, -0.1) is 0 Å². The molecule has 0 radical (unpaired) electrons. The van der Waals surface area contributed by atoms with Crippen LogP contribution in [-0.2, 0) is 0 Å². The molecular formula is C17H27N3O. The summed E-state index contributed by atoms with van der Waals surface area (Å²) in [5.41, 5.74) is 0.831. The molecule has 0 bridgehead atoms. The first kappa shape index (κ1) is 15.8. The van der Waals surface area contributed by atoms with Crippen LogP contribution < -0.4 is 10.6 Å². The van der Waals surface area contributed by atoms with E-state index in [1.54, 1.807) is 0 Å². The average Bonchev–Trinajstić information content (AvgIpc) is 2.53. The van der Waals surface area contributed by atoms with Crippen LogP contribution in [0.25, 0.3) is 0 Å². The minimum atomic E-state index is -0.119. The highest BCUT2D eigenvalue weighted by Crippen LogP contribution is 2.19. The van der Waals surface area contributed by atoms with Gasteiger partial charge in [0, 0.05) is 24.8 Å². The predicted molar refractivity (Wildman–Crippen MR) is 87.6 cm³/mol. The van der Waals surface area contributed by atoms with E-state index in [1.807, 2.05) is 30.3 Å². The molecule has 1 aromatic rings. The van der Waals surface area contributed by atoms with E-state index in [-0.39, 0.29) is 6.03 Å². The summed E-state index contributed by atoms with van der Waals surface area (Å²) in [7, 11) is 0. The first-order chi connectivity index (χ1) is 10.3. The van der Waals surface area contributed by atoms with E-state index in [2.05, 4.69) is 22.5 Å². The molecule has 0 aromatic heterocycles. The summed E-state index contributed by atoms with van der Waals surface area (Å²) in [4.78, 5) is 14.3. The number of likely N-dealkylation sites (tertiary alicyclic amines) is 1. The molecule has 1 atom stereocenters. The van der Waals surface area contributed by atoms with Gasteiger partial charge in [0.2, 0.25) is 0 Å². The van der Waals surface area contributed by atoms with Gasteiger partial charge in [0.1, 0.15) is 0 Å². The second-order valence-corrected chi connectivity index (χ2v) is 5.69.